The highest BCUT2D eigenvalue weighted by Crippen LogP contribution is 2.26. The van der Waals surface area contributed by atoms with E-state index in [1.165, 1.54) is 0 Å². The molecule has 0 fully saturated rings. The zero-order valence-electron chi connectivity index (χ0n) is 10.9. The number of hydrogen-bond acceptors (Lipinski definition) is 2. The smallest absolute Gasteiger partial charge is 0.192 e. The first-order valence-corrected chi connectivity index (χ1v) is 8.75. The van der Waals surface area contributed by atoms with Crippen LogP contribution in [0.4, 0.5) is 0 Å². The second kappa shape index (κ2) is 7.18. The zero-order chi connectivity index (χ0) is 11.9. The molecule has 0 aliphatic heterocycles. The predicted molar refractivity (Wildman–Crippen MR) is 67.6 cm³/mol. The lowest BCUT2D eigenvalue weighted by Gasteiger charge is -2.34. The van der Waals surface area contributed by atoms with Gasteiger partial charge in [-0.25, -0.2) is 0 Å². The maximum absolute atomic E-state index is 10.8. The van der Waals surface area contributed by atoms with Crippen molar-refractivity contribution in [2.45, 2.75) is 65.3 Å². The number of carbonyl (C=O) groups is 1. The van der Waals surface area contributed by atoms with Gasteiger partial charge in [0.05, 0.1) is 6.10 Å². The van der Waals surface area contributed by atoms with Gasteiger partial charge in [0.1, 0.15) is 6.29 Å². The Morgan fingerprint density at radius 1 is 1.13 bits per heavy atom. The molecule has 0 N–H and O–H groups in total. The molecule has 2 nitrogen and oxygen atoms in total. The van der Waals surface area contributed by atoms with Crippen molar-refractivity contribution in [1.82, 2.24) is 0 Å². The molecule has 0 heterocycles. The summed E-state index contributed by atoms with van der Waals surface area (Å²) < 4.78 is 6.30. The minimum absolute atomic E-state index is 0.0338. The summed E-state index contributed by atoms with van der Waals surface area (Å²) in [7, 11) is -1.54. The highest BCUT2D eigenvalue weighted by molar-refractivity contribution is 6.73. The van der Waals surface area contributed by atoms with Crippen molar-refractivity contribution >= 4 is 14.6 Å². The Bertz CT molecular complexity index is 170. The Morgan fingerprint density at radius 2 is 1.60 bits per heavy atom. The van der Waals surface area contributed by atoms with Crippen molar-refractivity contribution in [2.24, 2.45) is 5.92 Å². The zero-order valence-corrected chi connectivity index (χ0v) is 11.9. The monoisotopic (exact) mass is 230 g/mol. The molecule has 0 saturated carbocycles. The van der Waals surface area contributed by atoms with Crippen LogP contribution in [0.15, 0.2) is 0 Å². The Kier molecular flexibility index (Phi) is 7.10. The summed E-state index contributed by atoms with van der Waals surface area (Å²) in [6.07, 6.45) is 2.09. The van der Waals surface area contributed by atoms with Crippen LogP contribution >= 0.6 is 0 Å². The van der Waals surface area contributed by atoms with Crippen LogP contribution < -0.4 is 0 Å². The summed E-state index contributed by atoms with van der Waals surface area (Å²) in [5.41, 5.74) is 0. The molecule has 0 aliphatic rings. The lowest BCUT2D eigenvalue weighted by atomic mass is 10.1. The van der Waals surface area contributed by atoms with E-state index < -0.39 is 8.32 Å². The van der Waals surface area contributed by atoms with Gasteiger partial charge in [0, 0.05) is 5.92 Å². The second-order valence-corrected chi connectivity index (χ2v) is 9.03. The Hall–Kier alpha value is -0.153. The molecular weight excluding hydrogens is 204 g/mol. The standard InChI is InChI=1S/C12H26O2Si/c1-6-12(11(5)10-13)14-15(7-2,8-3)9-4/h10-12H,6-9H2,1-5H3/t11-,12+/m0/s1. The number of hydrogen-bond donors (Lipinski definition) is 0. The van der Waals surface area contributed by atoms with Crippen molar-refractivity contribution in [3.63, 3.8) is 0 Å². The lowest BCUT2D eigenvalue weighted by Crippen LogP contribution is -2.42. The predicted octanol–water partition coefficient (Wildman–Crippen LogP) is 3.62. The normalized spacial score (nSPS) is 16.1. The van der Waals surface area contributed by atoms with Crippen molar-refractivity contribution in [3.8, 4) is 0 Å². The van der Waals surface area contributed by atoms with Gasteiger partial charge >= 0.3 is 0 Å². The van der Waals surface area contributed by atoms with E-state index in [1.807, 2.05) is 6.92 Å². The molecule has 0 saturated heterocycles. The van der Waals surface area contributed by atoms with Gasteiger partial charge in [-0.15, -0.1) is 0 Å². The number of aldehydes is 1. The van der Waals surface area contributed by atoms with Gasteiger partial charge in [-0.3, -0.25) is 0 Å². The van der Waals surface area contributed by atoms with Crippen molar-refractivity contribution < 1.29 is 9.22 Å². The summed E-state index contributed by atoms with van der Waals surface area (Å²) in [6, 6.07) is 3.46. The molecule has 15 heavy (non-hydrogen) atoms. The summed E-state index contributed by atoms with van der Waals surface area (Å²) >= 11 is 0. The van der Waals surface area contributed by atoms with Gasteiger partial charge in [0.2, 0.25) is 0 Å². The van der Waals surface area contributed by atoms with E-state index in [-0.39, 0.29) is 12.0 Å². The summed E-state index contributed by atoms with van der Waals surface area (Å²) in [5, 5.41) is 0. The second-order valence-electron chi connectivity index (χ2n) is 4.30. The molecule has 90 valence electrons. The van der Waals surface area contributed by atoms with Crippen LogP contribution in [-0.2, 0) is 9.22 Å². The molecule has 0 amide bonds. The molecule has 0 bridgehead atoms. The Morgan fingerprint density at radius 3 is 1.87 bits per heavy atom. The first kappa shape index (κ1) is 14.8. The van der Waals surface area contributed by atoms with E-state index in [2.05, 4.69) is 27.7 Å². The van der Waals surface area contributed by atoms with Gasteiger partial charge in [0.25, 0.3) is 0 Å². The van der Waals surface area contributed by atoms with E-state index >= 15 is 0 Å². The van der Waals surface area contributed by atoms with Crippen LogP contribution in [0, 0.1) is 5.92 Å². The number of rotatable bonds is 8. The molecule has 0 radical (unpaired) electrons. The minimum Gasteiger partial charge on any atom is -0.413 e. The quantitative estimate of drug-likeness (QED) is 0.470. The van der Waals surface area contributed by atoms with Gasteiger partial charge in [-0.05, 0) is 24.6 Å². The topological polar surface area (TPSA) is 26.3 Å². The third-order valence-corrected chi connectivity index (χ3v) is 8.21. The molecular formula is C12H26O2Si. The maximum atomic E-state index is 10.8. The largest absolute Gasteiger partial charge is 0.413 e. The van der Waals surface area contributed by atoms with Gasteiger partial charge in [0.15, 0.2) is 8.32 Å². The maximum Gasteiger partial charge on any atom is 0.192 e. The average molecular weight is 230 g/mol. The van der Waals surface area contributed by atoms with E-state index in [1.54, 1.807) is 0 Å². The van der Waals surface area contributed by atoms with Crippen molar-refractivity contribution in [2.75, 3.05) is 0 Å². The molecule has 0 rings (SSSR count). The van der Waals surface area contributed by atoms with Crippen LogP contribution in [0.2, 0.25) is 18.1 Å². The molecule has 2 atom stereocenters. The average Bonchev–Trinajstić information content (AvgIpc) is 2.31. The summed E-state index contributed by atoms with van der Waals surface area (Å²) in [6.45, 7) is 10.7. The first-order chi connectivity index (χ1) is 7.09. The van der Waals surface area contributed by atoms with Crippen LogP contribution in [0.1, 0.15) is 41.0 Å². The number of carbonyl (C=O) groups excluding carboxylic acids is 1. The lowest BCUT2D eigenvalue weighted by molar-refractivity contribution is -0.113. The fourth-order valence-electron chi connectivity index (χ4n) is 1.97. The molecule has 3 heteroatoms. The van der Waals surface area contributed by atoms with E-state index in [0.29, 0.717) is 0 Å². The molecule has 0 aliphatic carbocycles. The highest BCUT2D eigenvalue weighted by Gasteiger charge is 2.32. The molecule has 0 spiro atoms. The van der Waals surface area contributed by atoms with Crippen LogP contribution in [-0.4, -0.2) is 20.7 Å². The first-order valence-electron chi connectivity index (χ1n) is 6.22. The van der Waals surface area contributed by atoms with Gasteiger partial charge in [-0.2, -0.15) is 0 Å². The van der Waals surface area contributed by atoms with Gasteiger partial charge in [-0.1, -0.05) is 34.6 Å². The summed E-state index contributed by atoms with van der Waals surface area (Å²) in [4.78, 5) is 10.8. The Balaban J connectivity index is 4.54. The minimum atomic E-state index is -1.54. The highest BCUT2D eigenvalue weighted by atomic mass is 28.4. The van der Waals surface area contributed by atoms with Crippen molar-refractivity contribution in [3.05, 3.63) is 0 Å². The Labute approximate surface area is 95.5 Å². The summed E-state index contributed by atoms with van der Waals surface area (Å²) in [5.74, 6) is 0.0338. The molecule has 0 aromatic rings. The van der Waals surface area contributed by atoms with Gasteiger partial charge < -0.3 is 9.22 Å². The fourth-order valence-corrected chi connectivity index (χ4v) is 4.99. The van der Waals surface area contributed by atoms with E-state index in [9.17, 15) is 4.79 Å². The molecule has 0 aromatic heterocycles. The van der Waals surface area contributed by atoms with E-state index in [4.69, 9.17) is 4.43 Å². The SMILES string of the molecule is CC[C@@H](O[Si](CC)(CC)CC)[C@@H](C)C=O. The van der Waals surface area contributed by atoms with Crippen LogP contribution in [0.5, 0.6) is 0 Å². The fraction of sp³-hybridized carbons (Fsp3) is 0.917. The van der Waals surface area contributed by atoms with Crippen molar-refractivity contribution in [1.29, 1.82) is 0 Å². The molecule has 0 unspecified atom stereocenters. The molecule has 0 aromatic carbocycles. The van der Waals surface area contributed by atoms with Crippen LogP contribution in [0.25, 0.3) is 0 Å². The third-order valence-electron chi connectivity index (χ3n) is 3.54. The third kappa shape index (κ3) is 4.07. The van der Waals surface area contributed by atoms with Crippen LogP contribution in [0.3, 0.4) is 0 Å². The van der Waals surface area contributed by atoms with E-state index in [0.717, 1.165) is 30.8 Å².